The molecule has 0 saturated carbocycles. The van der Waals surface area contributed by atoms with E-state index < -0.39 is 0 Å². The van der Waals surface area contributed by atoms with Gasteiger partial charge in [-0.25, -0.2) is 0 Å². The molecule has 2 atom stereocenters. The largest absolute Gasteiger partial charge is 0.496 e. The van der Waals surface area contributed by atoms with Gasteiger partial charge in [0.1, 0.15) is 11.4 Å². The quantitative estimate of drug-likeness (QED) is 0.152. The van der Waals surface area contributed by atoms with E-state index in [1.165, 1.54) is 13.2 Å². The summed E-state index contributed by atoms with van der Waals surface area (Å²) in [5.41, 5.74) is 6.09. The van der Waals surface area contributed by atoms with Gasteiger partial charge in [0, 0.05) is 27.7 Å². The van der Waals surface area contributed by atoms with Crippen molar-refractivity contribution in [3.63, 3.8) is 0 Å². The highest BCUT2D eigenvalue weighted by Crippen LogP contribution is 2.44. The van der Waals surface area contributed by atoms with Crippen LogP contribution in [-0.2, 0) is 0 Å². The van der Waals surface area contributed by atoms with Crippen LogP contribution in [0.3, 0.4) is 0 Å². The van der Waals surface area contributed by atoms with E-state index in [1.54, 1.807) is 18.3 Å². The lowest BCUT2D eigenvalue weighted by molar-refractivity contribution is -0.384. The van der Waals surface area contributed by atoms with Crippen LogP contribution >= 0.6 is 28.1 Å². The van der Waals surface area contributed by atoms with Crippen molar-refractivity contribution in [2.45, 2.75) is 32.9 Å². The maximum Gasteiger partial charge on any atom is 0.296 e. The Morgan fingerprint density at radius 2 is 1.89 bits per heavy atom. The number of ether oxygens (including phenoxy) is 1. The van der Waals surface area contributed by atoms with Crippen LogP contribution in [-0.4, -0.2) is 26.7 Å². The van der Waals surface area contributed by atoms with Gasteiger partial charge in [-0.1, -0.05) is 22.0 Å². The summed E-state index contributed by atoms with van der Waals surface area (Å²) in [7, 11) is 1.50. The van der Waals surface area contributed by atoms with Crippen LogP contribution in [0.5, 0.6) is 5.75 Å². The zero-order valence-corrected chi connectivity index (χ0v) is 23.7. The Labute approximate surface area is 234 Å². The molecule has 1 N–H and O–H groups in total. The molecule has 0 aliphatic carbocycles. The van der Waals surface area contributed by atoms with Crippen LogP contribution in [0, 0.1) is 30.9 Å². The van der Waals surface area contributed by atoms with E-state index in [2.05, 4.69) is 43.3 Å². The summed E-state index contributed by atoms with van der Waals surface area (Å²) in [5, 5.41) is 16.1. The van der Waals surface area contributed by atoms with Gasteiger partial charge in [0.25, 0.3) is 5.69 Å². The minimum atomic E-state index is -0.379. The summed E-state index contributed by atoms with van der Waals surface area (Å²) in [5.74, 6) is 0.431. The van der Waals surface area contributed by atoms with Crippen LogP contribution in [0.2, 0.25) is 0 Å². The van der Waals surface area contributed by atoms with Gasteiger partial charge in [-0.05, 0) is 92.6 Å². The summed E-state index contributed by atoms with van der Waals surface area (Å²) in [6.07, 6.45) is 1.77. The van der Waals surface area contributed by atoms with Gasteiger partial charge in [-0.15, -0.1) is 0 Å². The highest BCUT2D eigenvalue weighted by molar-refractivity contribution is 9.10. The lowest BCUT2D eigenvalue weighted by Gasteiger charge is -2.28. The normalized spacial score (nSPS) is 17.0. The molecule has 10 heteroatoms. The number of methoxy groups -OCH3 is 1. The number of anilines is 1. The topological polar surface area (TPSA) is 85.5 Å². The van der Waals surface area contributed by atoms with Crippen molar-refractivity contribution in [2.24, 2.45) is 0 Å². The number of nitro groups is 1. The van der Waals surface area contributed by atoms with Crippen molar-refractivity contribution in [1.29, 1.82) is 0 Å². The molecule has 8 nitrogen and oxygen atoms in total. The molecular formula is C28H26BrN5O3S. The molecule has 194 valence electrons. The second-order valence-electron chi connectivity index (χ2n) is 9.20. The molecule has 1 aliphatic heterocycles. The van der Waals surface area contributed by atoms with Gasteiger partial charge < -0.3 is 19.5 Å². The number of benzene rings is 2. The Hall–Kier alpha value is -3.76. The van der Waals surface area contributed by atoms with Crippen molar-refractivity contribution in [1.82, 2.24) is 14.9 Å². The molecule has 1 fully saturated rings. The standard InChI is InChI=1S/C28H26BrN5O3S/c1-16-13-19(8-10-22(16)29)33-27(26(31-28(33)38)23-7-5-6-12-30-23)21-14-17(2)32(18(21)3)24-11-9-20(37-4)15-25(24)34(35)36/h5-15,26-27H,1-4H3,(H,31,38). The number of nitrogens with zero attached hydrogens (tertiary/aromatic N) is 4. The first-order valence-electron chi connectivity index (χ1n) is 12.0. The third-order valence-corrected chi connectivity index (χ3v) is 8.13. The maximum atomic E-state index is 12.0. The number of hydrogen-bond donors (Lipinski definition) is 1. The van der Waals surface area contributed by atoms with Crippen molar-refractivity contribution in [3.8, 4) is 11.4 Å². The molecule has 0 amide bonds. The SMILES string of the molecule is COc1ccc(-n2c(C)cc(C3C(c4ccccn4)NC(=S)N3c3ccc(Br)c(C)c3)c2C)c([N+](=O)[O-])c1. The van der Waals surface area contributed by atoms with Crippen molar-refractivity contribution < 1.29 is 9.66 Å². The maximum absolute atomic E-state index is 12.0. The fraction of sp³-hybridized carbons (Fsp3) is 0.214. The zero-order valence-electron chi connectivity index (χ0n) is 21.3. The number of aromatic nitrogens is 2. The Morgan fingerprint density at radius 3 is 2.55 bits per heavy atom. The summed E-state index contributed by atoms with van der Waals surface area (Å²) in [6.45, 7) is 5.98. The molecule has 5 rings (SSSR count). The molecule has 2 aromatic carbocycles. The summed E-state index contributed by atoms with van der Waals surface area (Å²) < 4.78 is 8.19. The second kappa shape index (κ2) is 10.2. The van der Waals surface area contributed by atoms with Crippen LogP contribution in [0.25, 0.3) is 5.69 Å². The van der Waals surface area contributed by atoms with E-state index >= 15 is 0 Å². The zero-order chi connectivity index (χ0) is 27.1. The number of nitro benzene ring substituents is 1. The highest BCUT2D eigenvalue weighted by atomic mass is 79.9. The van der Waals surface area contributed by atoms with Gasteiger partial charge >= 0.3 is 0 Å². The third-order valence-electron chi connectivity index (χ3n) is 6.93. The lowest BCUT2D eigenvalue weighted by atomic mass is 9.96. The van der Waals surface area contributed by atoms with Crippen LogP contribution in [0.4, 0.5) is 11.4 Å². The monoisotopic (exact) mass is 591 g/mol. The van der Waals surface area contributed by atoms with E-state index in [0.717, 1.165) is 38.4 Å². The van der Waals surface area contributed by atoms with E-state index in [1.807, 2.05) is 55.7 Å². The predicted octanol–water partition coefficient (Wildman–Crippen LogP) is 6.65. The van der Waals surface area contributed by atoms with Gasteiger partial charge in [0.2, 0.25) is 0 Å². The molecule has 0 spiro atoms. The molecule has 1 saturated heterocycles. The number of rotatable bonds is 6. The van der Waals surface area contributed by atoms with Crippen molar-refractivity contribution in [2.75, 3.05) is 12.0 Å². The molecule has 3 heterocycles. The van der Waals surface area contributed by atoms with Crippen LogP contribution in [0.1, 0.15) is 40.3 Å². The van der Waals surface area contributed by atoms with E-state index in [-0.39, 0.29) is 22.7 Å². The van der Waals surface area contributed by atoms with Crippen LogP contribution < -0.4 is 15.0 Å². The minimum absolute atomic E-state index is 0.0283. The number of pyridine rings is 1. The summed E-state index contributed by atoms with van der Waals surface area (Å²) in [6, 6.07) is 18.5. The Morgan fingerprint density at radius 1 is 1.11 bits per heavy atom. The molecule has 2 aromatic heterocycles. The Bertz CT molecular complexity index is 1560. The highest BCUT2D eigenvalue weighted by Gasteiger charge is 2.42. The second-order valence-corrected chi connectivity index (χ2v) is 10.4. The average Bonchev–Trinajstić information content (AvgIpc) is 3.40. The Balaban J connectivity index is 1.71. The van der Waals surface area contributed by atoms with Gasteiger partial charge in [-0.2, -0.15) is 0 Å². The smallest absolute Gasteiger partial charge is 0.296 e. The first-order chi connectivity index (χ1) is 18.2. The number of thiocarbonyl (C=S) groups is 1. The summed E-state index contributed by atoms with van der Waals surface area (Å²) >= 11 is 9.47. The molecule has 38 heavy (non-hydrogen) atoms. The summed E-state index contributed by atoms with van der Waals surface area (Å²) in [4.78, 5) is 18.4. The fourth-order valence-corrected chi connectivity index (χ4v) is 5.74. The average molecular weight is 593 g/mol. The molecular weight excluding hydrogens is 566 g/mol. The molecule has 2 unspecified atom stereocenters. The van der Waals surface area contributed by atoms with Gasteiger partial charge in [0.15, 0.2) is 5.11 Å². The fourth-order valence-electron chi connectivity index (χ4n) is 5.15. The van der Waals surface area contributed by atoms with E-state index in [4.69, 9.17) is 17.0 Å². The van der Waals surface area contributed by atoms with Gasteiger partial charge in [0.05, 0.1) is 35.9 Å². The molecule has 1 aliphatic rings. The molecule has 0 bridgehead atoms. The first kappa shape index (κ1) is 25.9. The first-order valence-corrected chi connectivity index (χ1v) is 13.2. The molecule has 0 radical (unpaired) electrons. The number of halogens is 1. The lowest BCUT2D eigenvalue weighted by Crippen LogP contribution is -2.29. The van der Waals surface area contributed by atoms with Crippen molar-refractivity contribution >= 4 is 44.6 Å². The third kappa shape index (κ3) is 4.43. The number of nitrogens with one attached hydrogen (secondary N) is 1. The predicted molar refractivity (Wildman–Crippen MR) is 155 cm³/mol. The minimum Gasteiger partial charge on any atom is -0.496 e. The van der Waals surface area contributed by atoms with Crippen molar-refractivity contribution in [3.05, 3.63) is 110 Å². The van der Waals surface area contributed by atoms with E-state index in [0.29, 0.717) is 16.5 Å². The van der Waals surface area contributed by atoms with E-state index in [9.17, 15) is 10.1 Å². The van der Waals surface area contributed by atoms with Gasteiger partial charge in [-0.3, -0.25) is 15.1 Å². The van der Waals surface area contributed by atoms with Crippen LogP contribution in [0.15, 0.2) is 71.3 Å². The number of aryl methyl sites for hydroxylation is 2. The number of hydrogen-bond acceptors (Lipinski definition) is 5. The molecule has 4 aromatic rings. The Kier molecular flexibility index (Phi) is 6.93.